The Balaban J connectivity index is 1.94. The van der Waals surface area contributed by atoms with E-state index in [-0.39, 0.29) is 0 Å². The summed E-state index contributed by atoms with van der Waals surface area (Å²) in [7, 11) is 0. The highest BCUT2D eigenvalue weighted by Gasteiger charge is 2.33. The molecule has 2 rings (SSSR count). The maximum Gasteiger partial charge on any atom is 0.0138 e. The molecule has 94 valence electrons. The van der Waals surface area contributed by atoms with E-state index >= 15 is 0 Å². The summed E-state index contributed by atoms with van der Waals surface area (Å²) in [5.74, 6) is 2.62. The van der Waals surface area contributed by atoms with Crippen molar-refractivity contribution >= 4 is 0 Å². The third-order valence-electron chi connectivity index (χ3n) is 4.81. The van der Waals surface area contributed by atoms with Gasteiger partial charge >= 0.3 is 0 Å². The quantitative estimate of drug-likeness (QED) is 0.781. The third kappa shape index (κ3) is 2.78. The van der Waals surface area contributed by atoms with Gasteiger partial charge in [-0.3, -0.25) is 0 Å². The molecule has 0 spiro atoms. The zero-order valence-electron chi connectivity index (χ0n) is 11.0. The fraction of sp³-hybridized carbons (Fsp3) is 1.00. The van der Waals surface area contributed by atoms with E-state index < -0.39 is 0 Å². The maximum atomic E-state index is 5.95. The number of hydrogen-bond acceptors (Lipinski definition) is 2. The fourth-order valence-corrected chi connectivity index (χ4v) is 3.50. The largest absolute Gasteiger partial charge is 0.330 e. The molecule has 1 saturated carbocycles. The molecule has 1 saturated heterocycles. The summed E-state index contributed by atoms with van der Waals surface area (Å²) in [5, 5.41) is 0. The zero-order chi connectivity index (χ0) is 11.5. The van der Waals surface area contributed by atoms with Crippen molar-refractivity contribution in [2.24, 2.45) is 23.5 Å². The van der Waals surface area contributed by atoms with Crippen LogP contribution in [0.15, 0.2) is 0 Å². The molecule has 2 aliphatic rings. The molecule has 0 radical (unpaired) electrons. The lowest BCUT2D eigenvalue weighted by atomic mass is 9.77. The number of piperidine rings is 1. The van der Waals surface area contributed by atoms with Crippen molar-refractivity contribution in [3.8, 4) is 0 Å². The Morgan fingerprint density at radius 1 is 1.00 bits per heavy atom. The van der Waals surface area contributed by atoms with Gasteiger partial charge < -0.3 is 10.6 Å². The molecule has 2 nitrogen and oxygen atoms in total. The minimum atomic E-state index is 0.768. The van der Waals surface area contributed by atoms with Crippen LogP contribution >= 0.6 is 0 Å². The summed E-state index contributed by atoms with van der Waals surface area (Å²) in [4.78, 5) is 2.74. The third-order valence-corrected chi connectivity index (χ3v) is 4.81. The Kier molecular flexibility index (Phi) is 4.26. The first-order chi connectivity index (χ1) is 7.70. The number of nitrogens with zero attached hydrogens (tertiary/aromatic N) is 1. The maximum absolute atomic E-state index is 5.95. The minimum Gasteiger partial charge on any atom is -0.330 e. The van der Waals surface area contributed by atoms with Gasteiger partial charge in [0, 0.05) is 6.04 Å². The van der Waals surface area contributed by atoms with Crippen LogP contribution in [-0.4, -0.2) is 30.6 Å². The van der Waals surface area contributed by atoms with E-state index in [9.17, 15) is 0 Å². The van der Waals surface area contributed by atoms with E-state index in [1.165, 1.54) is 45.2 Å². The highest BCUT2D eigenvalue weighted by molar-refractivity contribution is 4.88. The van der Waals surface area contributed by atoms with Gasteiger partial charge in [-0.05, 0) is 63.1 Å². The first-order valence-corrected chi connectivity index (χ1v) is 7.14. The molecular formula is C14H28N2. The molecule has 0 aromatic heterocycles. The molecule has 2 N–H and O–H groups in total. The summed E-state index contributed by atoms with van der Waals surface area (Å²) < 4.78 is 0. The molecule has 2 heteroatoms. The van der Waals surface area contributed by atoms with E-state index in [2.05, 4.69) is 18.7 Å². The Morgan fingerprint density at radius 2 is 1.69 bits per heavy atom. The molecule has 16 heavy (non-hydrogen) atoms. The van der Waals surface area contributed by atoms with Crippen molar-refractivity contribution in [3.63, 3.8) is 0 Å². The van der Waals surface area contributed by atoms with Crippen LogP contribution < -0.4 is 5.73 Å². The van der Waals surface area contributed by atoms with Gasteiger partial charge in [0.2, 0.25) is 0 Å². The smallest absolute Gasteiger partial charge is 0.0138 e. The monoisotopic (exact) mass is 224 g/mol. The van der Waals surface area contributed by atoms with Gasteiger partial charge in [-0.15, -0.1) is 0 Å². The second-order valence-electron chi connectivity index (χ2n) is 6.20. The number of rotatable bonds is 2. The first kappa shape index (κ1) is 12.4. The second kappa shape index (κ2) is 5.50. The van der Waals surface area contributed by atoms with Crippen molar-refractivity contribution in [2.45, 2.75) is 52.0 Å². The van der Waals surface area contributed by atoms with E-state index in [0.29, 0.717) is 0 Å². The van der Waals surface area contributed by atoms with Crippen LogP contribution in [0.25, 0.3) is 0 Å². The molecule has 1 aliphatic carbocycles. The molecule has 0 bridgehead atoms. The molecule has 2 fully saturated rings. The topological polar surface area (TPSA) is 29.3 Å². The van der Waals surface area contributed by atoms with Gasteiger partial charge in [0.15, 0.2) is 0 Å². The van der Waals surface area contributed by atoms with Crippen LogP contribution in [0.5, 0.6) is 0 Å². The fourth-order valence-electron chi connectivity index (χ4n) is 3.50. The average Bonchev–Trinajstić information content (AvgIpc) is 2.30. The summed E-state index contributed by atoms with van der Waals surface area (Å²) in [6, 6.07) is 0.793. The van der Waals surface area contributed by atoms with E-state index in [4.69, 9.17) is 5.73 Å². The second-order valence-corrected chi connectivity index (χ2v) is 6.20. The number of nitrogens with two attached hydrogens (primary N) is 1. The molecule has 1 aliphatic heterocycles. The van der Waals surface area contributed by atoms with Gasteiger partial charge in [0.25, 0.3) is 0 Å². The van der Waals surface area contributed by atoms with Gasteiger partial charge in [0.05, 0.1) is 0 Å². The van der Waals surface area contributed by atoms with Crippen LogP contribution in [0, 0.1) is 17.8 Å². The van der Waals surface area contributed by atoms with Crippen molar-refractivity contribution in [3.05, 3.63) is 0 Å². The SMILES string of the molecule is CC1CCN(C2CC(C)CCC2CN)CC1. The van der Waals surface area contributed by atoms with Crippen LogP contribution in [-0.2, 0) is 0 Å². The molecule has 3 atom stereocenters. The van der Waals surface area contributed by atoms with Crippen LogP contribution in [0.4, 0.5) is 0 Å². The van der Waals surface area contributed by atoms with Gasteiger partial charge in [-0.25, -0.2) is 0 Å². The van der Waals surface area contributed by atoms with E-state index in [1.54, 1.807) is 0 Å². The van der Waals surface area contributed by atoms with Gasteiger partial charge in [-0.2, -0.15) is 0 Å². The lowest BCUT2D eigenvalue weighted by Gasteiger charge is -2.44. The lowest BCUT2D eigenvalue weighted by molar-refractivity contribution is 0.0583. The average molecular weight is 224 g/mol. The van der Waals surface area contributed by atoms with Gasteiger partial charge in [-0.1, -0.05) is 20.3 Å². The predicted molar refractivity (Wildman–Crippen MR) is 69.3 cm³/mol. The Bertz CT molecular complexity index is 209. The highest BCUT2D eigenvalue weighted by atomic mass is 15.2. The highest BCUT2D eigenvalue weighted by Crippen LogP contribution is 2.33. The van der Waals surface area contributed by atoms with Crippen molar-refractivity contribution < 1.29 is 0 Å². The summed E-state index contributed by atoms with van der Waals surface area (Å²) >= 11 is 0. The van der Waals surface area contributed by atoms with Crippen LogP contribution in [0.1, 0.15) is 46.0 Å². The Morgan fingerprint density at radius 3 is 2.31 bits per heavy atom. The molecule has 0 aromatic carbocycles. The molecular weight excluding hydrogens is 196 g/mol. The number of likely N-dealkylation sites (tertiary alicyclic amines) is 1. The molecule has 0 amide bonds. The van der Waals surface area contributed by atoms with Crippen molar-refractivity contribution in [1.29, 1.82) is 0 Å². The van der Waals surface area contributed by atoms with Crippen LogP contribution in [0.3, 0.4) is 0 Å². The first-order valence-electron chi connectivity index (χ1n) is 7.14. The lowest BCUT2D eigenvalue weighted by Crippen LogP contribution is -2.49. The number of hydrogen-bond donors (Lipinski definition) is 1. The molecule has 3 unspecified atom stereocenters. The van der Waals surface area contributed by atoms with Crippen molar-refractivity contribution in [2.75, 3.05) is 19.6 Å². The molecule has 1 heterocycles. The van der Waals surface area contributed by atoms with E-state index in [1.807, 2.05) is 0 Å². The van der Waals surface area contributed by atoms with E-state index in [0.717, 1.165) is 30.3 Å². The normalized spacial score (nSPS) is 38.8. The van der Waals surface area contributed by atoms with Crippen molar-refractivity contribution in [1.82, 2.24) is 4.90 Å². The summed E-state index contributed by atoms with van der Waals surface area (Å²) in [5.41, 5.74) is 5.95. The standard InChI is InChI=1S/C14H28N2/c1-11-5-7-16(8-6-11)14-9-12(2)3-4-13(14)10-15/h11-14H,3-10,15H2,1-2H3. The van der Waals surface area contributed by atoms with Crippen LogP contribution in [0.2, 0.25) is 0 Å². The molecule has 0 aromatic rings. The minimum absolute atomic E-state index is 0.768. The Hall–Kier alpha value is -0.0800. The van der Waals surface area contributed by atoms with Gasteiger partial charge in [0.1, 0.15) is 0 Å². The predicted octanol–water partition coefficient (Wildman–Crippen LogP) is 2.48. The zero-order valence-corrected chi connectivity index (χ0v) is 11.0. The Labute approximate surface area is 101 Å². The summed E-state index contributed by atoms with van der Waals surface area (Å²) in [6.45, 7) is 8.32. The summed E-state index contributed by atoms with van der Waals surface area (Å²) in [6.07, 6.45) is 6.91.